The lowest BCUT2D eigenvalue weighted by molar-refractivity contribution is 0.119. The molecule has 21 heavy (non-hydrogen) atoms. The van der Waals surface area contributed by atoms with Crippen LogP contribution in [-0.2, 0) is 15.8 Å². The van der Waals surface area contributed by atoms with E-state index in [-0.39, 0.29) is 0 Å². The van der Waals surface area contributed by atoms with Crippen molar-refractivity contribution >= 4 is 88.0 Å². The van der Waals surface area contributed by atoms with Gasteiger partial charge >= 0.3 is 0 Å². The van der Waals surface area contributed by atoms with Crippen LogP contribution in [0.3, 0.4) is 0 Å². The second kappa shape index (κ2) is 9.29. The van der Waals surface area contributed by atoms with Crippen LogP contribution in [0.1, 0.15) is 12.0 Å². The average Bonchev–Trinajstić information content (AvgIpc) is 2.46. The maximum Gasteiger partial charge on any atom is 0.186 e. The molecule has 0 aromatic heterocycles. The Balaban J connectivity index is 2.61. The Bertz CT molecular complexity index is 479. The van der Waals surface area contributed by atoms with Crippen molar-refractivity contribution in [2.45, 2.75) is 32.2 Å². The first-order valence-corrected chi connectivity index (χ1v) is 13.4. The van der Waals surface area contributed by atoms with Crippen LogP contribution in [0.15, 0.2) is 22.4 Å². The Labute approximate surface area is 169 Å². The fourth-order valence-electron chi connectivity index (χ4n) is 1.65. The van der Waals surface area contributed by atoms with Crippen LogP contribution in [-0.4, -0.2) is 22.0 Å². The lowest BCUT2D eigenvalue weighted by Gasteiger charge is -2.19. The highest BCUT2D eigenvalue weighted by Crippen LogP contribution is 2.44. The second-order valence-corrected chi connectivity index (χ2v) is 13.6. The Morgan fingerprint density at radius 2 is 1.33 bits per heavy atom. The molecule has 2 nitrogen and oxygen atoms in total. The van der Waals surface area contributed by atoms with E-state index < -0.39 is 8.32 Å². The van der Waals surface area contributed by atoms with Gasteiger partial charge in [0.25, 0.3) is 0 Å². The van der Waals surface area contributed by atoms with Crippen molar-refractivity contribution in [3.8, 4) is 0 Å². The number of hydrogen-bond acceptors (Lipinski definition) is 2. The van der Waals surface area contributed by atoms with Crippen LogP contribution >= 0.6 is 79.6 Å². The third-order valence-corrected chi connectivity index (χ3v) is 12.1. The lowest BCUT2D eigenvalue weighted by atomic mass is 10.2. The van der Waals surface area contributed by atoms with E-state index in [1.807, 2.05) is 0 Å². The summed E-state index contributed by atoms with van der Waals surface area (Å²) in [5, 5.41) is 0. The molecule has 1 aromatic carbocycles. The molecule has 0 fully saturated rings. The van der Waals surface area contributed by atoms with Gasteiger partial charge in [-0.15, -0.1) is 0 Å². The summed E-state index contributed by atoms with van der Waals surface area (Å²) in [7, 11) is 0.330. The van der Waals surface area contributed by atoms with Crippen molar-refractivity contribution in [3.63, 3.8) is 0 Å². The minimum absolute atomic E-state index is 0.556. The SMILES string of the molecule is CO[Si](C)(C)CCCOCc1c(Br)c(Br)c(Br)c(Br)c1Br. The summed E-state index contributed by atoms with van der Waals surface area (Å²) in [6, 6.07) is 1.11. The van der Waals surface area contributed by atoms with Crippen LogP contribution in [0.2, 0.25) is 19.1 Å². The van der Waals surface area contributed by atoms with Crippen LogP contribution in [0.5, 0.6) is 0 Å². The third kappa shape index (κ3) is 5.96. The van der Waals surface area contributed by atoms with Crippen LogP contribution < -0.4 is 0 Å². The van der Waals surface area contributed by atoms with E-state index in [4.69, 9.17) is 9.16 Å². The van der Waals surface area contributed by atoms with E-state index in [9.17, 15) is 0 Å². The van der Waals surface area contributed by atoms with Gasteiger partial charge in [0.05, 0.1) is 6.61 Å². The maximum absolute atomic E-state index is 5.82. The van der Waals surface area contributed by atoms with Crippen LogP contribution in [0, 0.1) is 0 Å². The Hall–Kier alpha value is 1.76. The molecule has 0 radical (unpaired) electrons. The molecular weight excluding hydrogens is 616 g/mol. The van der Waals surface area contributed by atoms with E-state index in [1.165, 1.54) is 0 Å². The molecule has 8 heteroatoms. The van der Waals surface area contributed by atoms with Crippen molar-refractivity contribution in [2.24, 2.45) is 0 Å². The van der Waals surface area contributed by atoms with Gasteiger partial charge in [-0.3, -0.25) is 0 Å². The number of ether oxygens (including phenoxy) is 1. The molecule has 0 aliphatic heterocycles. The summed E-state index contributed by atoms with van der Waals surface area (Å²) < 4.78 is 16.3. The first kappa shape index (κ1) is 20.8. The summed E-state index contributed by atoms with van der Waals surface area (Å²) in [4.78, 5) is 0. The van der Waals surface area contributed by atoms with Crippen molar-refractivity contribution in [1.82, 2.24) is 0 Å². The lowest BCUT2D eigenvalue weighted by Crippen LogP contribution is -2.28. The molecule has 0 spiro atoms. The highest BCUT2D eigenvalue weighted by atomic mass is 79.9. The summed E-state index contributed by atoms with van der Waals surface area (Å²) in [6.07, 6.45) is 1.03. The highest BCUT2D eigenvalue weighted by Gasteiger charge is 2.20. The average molecular weight is 633 g/mol. The number of halogens is 5. The third-order valence-electron chi connectivity index (χ3n) is 3.17. The summed E-state index contributed by atoms with van der Waals surface area (Å²) in [5.41, 5.74) is 1.08. The summed E-state index contributed by atoms with van der Waals surface area (Å²) in [5.74, 6) is 0. The van der Waals surface area contributed by atoms with Crippen LogP contribution in [0.4, 0.5) is 0 Å². The van der Waals surface area contributed by atoms with Crippen molar-refractivity contribution in [1.29, 1.82) is 0 Å². The van der Waals surface area contributed by atoms with Gasteiger partial charge in [0, 0.05) is 41.6 Å². The normalized spacial score (nSPS) is 12.0. The van der Waals surface area contributed by atoms with E-state index in [2.05, 4.69) is 92.7 Å². The van der Waals surface area contributed by atoms with Crippen molar-refractivity contribution in [2.75, 3.05) is 13.7 Å². The molecular formula is C13H17Br5O2Si. The standard InChI is InChI=1S/C13H17Br5O2Si/c1-19-21(2,3)6-4-5-20-7-8-9(14)11(16)13(18)12(17)10(8)15/h4-7H2,1-3H3. The minimum atomic E-state index is -1.47. The van der Waals surface area contributed by atoms with Gasteiger partial charge in [0.2, 0.25) is 0 Å². The first-order chi connectivity index (χ1) is 9.71. The van der Waals surface area contributed by atoms with Crippen molar-refractivity contribution < 1.29 is 9.16 Å². The van der Waals surface area contributed by atoms with E-state index in [0.29, 0.717) is 6.61 Å². The van der Waals surface area contributed by atoms with Gasteiger partial charge in [0.1, 0.15) is 0 Å². The molecule has 0 N–H and O–H groups in total. The van der Waals surface area contributed by atoms with Crippen molar-refractivity contribution in [3.05, 3.63) is 27.9 Å². The first-order valence-electron chi connectivity index (χ1n) is 6.34. The largest absolute Gasteiger partial charge is 0.420 e. The molecule has 1 rings (SSSR count). The second-order valence-electron chi connectivity index (χ2n) is 5.17. The predicted octanol–water partition coefficient (Wildman–Crippen LogP) is 7.26. The zero-order valence-corrected chi connectivity index (χ0v) is 21.0. The highest BCUT2D eigenvalue weighted by molar-refractivity contribution is 9.15. The molecule has 0 bridgehead atoms. The fraction of sp³-hybridized carbons (Fsp3) is 0.538. The fourth-order valence-corrected chi connectivity index (χ4v) is 6.21. The number of rotatable bonds is 7. The Morgan fingerprint density at radius 3 is 1.81 bits per heavy atom. The zero-order valence-electron chi connectivity index (χ0n) is 12.0. The predicted molar refractivity (Wildman–Crippen MR) is 109 cm³/mol. The molecule has 120 valence electrons. The number of hydrogen-bond donors (Lipinski definition) is 0. The molecule has 0 atom stereocenters. The quantitative estimate of drug-likeness (QED) is 0.136. The monoisotopic (exact) mass is 628 g/mol. The van der Waals surface area contributed by atoms with Gasteiger partial charge < -0.3 is 9.16 Å². The minimum Gasteiger partial charge on any atom is -0.420 e. The number of benzene rings is 1. The Morgan fingerprint density at radius 1 is 0.857 bits per heavy atom. The van der Waals surface area contributed by atoms with Gasteiger partial charge in [-0.25, -0.2) is 0 Å². The zero-order chi connectivity index (χ0) is 16.2. The summed E-state index contributed by atoms with van der Waals surface area (Å²) in [6.45, 7) is 5.75. The molecule has 0 aliphatic rings. The molecule has 0 amide bonds. The van der Waals surface area contributed by atoms with E-state index in [1.54, 1.807) is 7.11 Å². The molecule has 0 unspecified atom stereocenters. The molecule has 0 aliphatic carbocycles. The van der Waals surface area contributed by atoms with Gasteiger partial charge in [-0.05, 0) is 105 Å². The smallest absolute Gasteiger partial charge is 0.186 e. The van der Waals surface area contributed by atoms with E-state index >= 15 is 0 Å². The van der Waals surface area contributed by atoms with E-state index in [0.717, 1.165) is 47.0 Å². The summed E-state index contributed by atoms with van der Waals surface area (Å²) >= 11 is 17.9. The molecule has 0 saturated carbocycles. The Kier molecular flexibility index (Phi) is 9.21. The van der Waals surface area contributed by atoms with Gasteiger partial charge in [-0.2, -0.15) is 0 Å². The maximum atomic E-state index is 5.82. The molecule has 1 aromatic rings. The van der Waals surface area contributed by atoms with Gasteiger partial charge in [-0.1, -0.05) is 0 Å². The van der Waals surface area contributed by atoms with Crippen LogP contribution in [0.25, 0.3) is 0 Å². The topological polar surface area (TPSA) is 18.5 Å². The van der Waals surface area contributed by atoms with Gasteiger partial charge in [0.15, 0.2) is 8.32 Å². The molecule has 0 heterocycles. The molecule has 0 saturated heterocycles.